The minimum Gasteiger partial charge on any atom is -0.293 e. The molecule has 0 bridgehead atoms. The summed E-state index contributed by atoms with van der Waals surface area (Å²) in [6.07, 6.45) is 2.13. The first-order chi connectivity index (χ1) is 17.1. The maximum atomic E-state index is 14.2. The number of benzene rings is 7. The van der Waals surface area contributed by atoms with Crippen LogP contribution < -0.4 is 5.22 Å². The summed E-state index contributed by atoms with van der Waals surface area (Å²) in [7, 11) is 0. The first-order valence-electron chi connectivity index (χ1n) is 11.7. The van der Waals surface area contributed by atoms with Gasteiger partial charge in [-0.2, -0.15) is 0 Å². The lowest BCUT2D eigenvalue weighted by Crippen LogP contribution is -2.23. The van der Waals surface area contributed by atoms with Crippen LogP contribution in [-0.4, -0.2) is 5.78 Å². The fourth-order valence-corrected chi connectivity index (χ4v) is 7.53. The molecule has 0 radical (unpaired) electrons. The molecule has 0 saturated heterocycles. The Balaban J connectivity index is 1.51. The number of rotatable bonds is 1. The predicted molar refractivity (Wildman–Crippen MR) is 153 cm³/mol. The molecule has 1 nitrogen and oxygen atoms in total. The first kappa shape index (κ1) is 19.9. The van der Waals surface area contributed by atoms with Crippen molar-refractivity contribution in [2.45, 2.75) is 10.8 Å². The molecule has 8 rings (SSSR count). The van der Waals surface area contributed by atoms with Crippen molar-refractivity contribution in [1.82, 2.24) is 0 Å². The van der Waals surface area contributed by atoms with Crippen LogP contribution in [0.5, 0.6) is 0 Å². The number of ketones is 1. The molecule has 7 aromatic rings. The van der Waals surface area contributed by atoms with Crippen LogP contribution in [0.25, 0.3) is 59.9 Å². The van der Waals surface area contributed by atoms with E-state index < -0.39 is 5.92 Å². The molecule has 3 heteroatoms. The van der Waals surface area contributed by atoms with E-state index in [9.17, 15) is 4.79 Å². The average molecular weight is 529 g/mol. The second-order valence-corrected chi connectivity index (χ2v) is 10.8. The van der Waals surface area contributed by atoms with Gasteiger partial charge in [-0.15, -0.1) is 12.6 Å². The van der Waals surface area contributed by atoms with Crippen molar-refractivity contribution in [3.8, 4) is 0 Å². The Labute approximate surface area is 214 Å². The van der Waals surface area contributed by atoms with Crippen LogP contribution in [0.15, 0.2) is 94.3 Å². The molecular weight excluding hydrogens is 512 g/mol. The van der Waals surface area contributed by atoms with E-state index in [1.54, 1.807) is 0 Å². The molecule has 7 aromatic carbocycles. The van der Waals surface area contributed by atoms with Crippen LogP contribution in [-0.2, 0) is 0 Å². The van der Waals surface area contributed by atoms with Crippen LogP contribution in [0.3, 0.4) is 0 Å². The quantitative estimate of drug-likeness (QED) is 0.128. The number of halogens is 1. The van der Waals surface area contributed by atoms with Crippen molar-refractivity contribution in [2.24, 2.45) is 0 Å². The average Bonchev–Trinajstić information content (AvgIpc) is 2.87. The molecule has 0 N–H and O–H groups in total. The molecule has 1 atom stereocenters. The molecule has 35 heavy (non-hydrogen) atoms. The van der Waals surface area contributed by atoms with E-state index >= 15 is 0 Å². The van der Waals surface area contributed by atoms with Crippen LogP contribution in [0.2, 0.25) is 0 Å². The number of hydrogen-bond acceptors (Lipinski definition) is 2. The fraction of sp³-hybridized carbons (Fsp3) is 0.0312. The normalized spacial score (nSPS) is 15.7. The Bertz CT molecular complexity index is 2110. The van der Waals surface area contributed by atoms with E-state index in [0.29, 0.717) is 0 Å². The number of hydrogen-bond donors (Lipinski definition) is 1. The number of carbonyl (C=O) groups is 1. The monoisotopic (exact) mass is 528 g/mol. The Kier molecular flexibility index (Phi) is 3.88. The topological polar surface area (TPSA) is 17.1 Å². The highest BCUT2D eigenvalue weighted by Crippen LogP contribution is 2.44. The third-order valence-corrected chi connectivity index (χ3v) is 8.86. The van der Waals surface area contributed by atoms with Crippen LogP contribution in [0.1, 0.15) is 21.8 Å². The van der Waals surface area contributed by atoms with Crippen molar-refractivity contribution < 1.29 is 4.79 Å². The summed E-state index contributed by atoms with van der Waals surface area (Å²) in [6.45, 7) is 0. The van der Waals surface area contributed by atoms with Crippen molar-refractivity contribution in [3.63, 3.8) is 0 Å². The van der Waals surface area contributed by atoms with E-state index in [1.165, 1.54) is 32.3 Å². The standard InChI is InChI=1S/C32H17BrOS/c33-25-15-17-4-1-2-7-22(17)32(35)30(25)24-13-20-11-10-19-12-18-6-3-5-16-8-9-21-14-23(31(24)34)27(20)29(19)28(21)26(16)18/h1-15,24,35H. The SMILES string of the molecule is O=C1c2cc3ccc4cccc5cc6ccc(c2c6c3c45)=CC1c1c(Br)cc2ccccc2c1S. The van der Waals surface area contributed by atoms with E-state index in [2.05, 4.69) is 94.8 Å². The van der Waals surface area contributed by atoms with Crippen LogP contribution in [0, 0.1) is 0 Å². The third-order valence-electron chi connectivity index (χ3n) is 7.73. The van der Waals surface area contributed by atoms with Gasteiger partial charge in [-0.05, 0) is 77.5 Å². The zero-order valence-corrected chi connectivity index (χ0v) is 21.0. The summed E-state index contributed by atoms with van der Waals surface area (Å²) < 4.78 is 0.915. The van der Waals surface area contributed by atoms with E-state index in [0.717, 1.165) is 47.3 Å². The van der Waals surface area contributed by atoms with Gasteiger partial charge < -0.3 is 0 Å². The number of Topliss-reactive ketones (excluding diaryl/α,β-unsaturated/α-hetero) is 1. The molecule has 0 spiro atoms. The molecule has 0 aliphatic heterocycles. The summed E-state index contributed by atoms with van der Waals surface area (Å²) in [6, 6.07) is 29.8. The van der Waals surface area contributed by atoms with Gasteiger partial charge in [-0.3, -0.25) is 4.79 Å². The van der Waals surface area contributed by atoms with Gasteiger partial charge in [0, 0.05) is 20.3 Å². The minimum absolute atomic E-state index is 0.127. The van der Waals surface area contributed by atoms with E-state index in [4.69, 9.17) is 12.6 Å². The van der Waals surface area contributed by atoms with Crippen molar-refractivity contribution >= 4 is 94.3 Å². The van der Waals surface area contributed by atoms with Gasteiger partial charge in [0.05, 0.1) is 5.92 Å². The van der Waals surface area contributed by atoms with Gasteiger partial charge in [0.1, 0.15) is 0 Å². The Morgan fingerprint density at radius 3 is 2.26 bits per heavy atom. The molecule has 0 fully saturated rings. The van der Waals surface area contributed by atoms with Gasteiger partial charge in [-0.1, -0.05) is 88.7 Å². The number of thiol groups is 1. The smallest absolute Gasteiger partial charge is 0.174 e. The molecule has 164 valence electrons. The van der Waals surface area contributed by atoms with Gasteiger partial charge in [0.25, 0.3) is 0 Å². The molecule has 1 unspecified atom stereocenters. The fourth-order valence-electron chi connectivity index (χ4n) is 6.22. The van der Waals surface area contributed by atoms with Crippen molar-refractivity contribution in [2.75, 3.05) is 0 Å². The summed E-state index contributed by atoms with van der Waals surface area (Å²) in [5.41, 5.74) is 1.73. The summed E-state index contributed by atoms with van der Waals surface area (Å²) in [5.74, 6) is -0.273. The predicted octanol–water partition coefficient (Wildman–Crippen LogP) is 8.42. The highest BCUT2D eigenvalue weighted by molar-refractivity contribution is 9.10. The molecule has 0 heterocycles. The highest BCUT2D eigenvalue weighted by atomic mass is 79.9. The summed E-state index contributed by atoms with van der Waals surface area (Å²) >= 11 is 8.70. The maximum Gasteiger partial charge on any atom is 0.174 e. The first-order valence-corrected chi connectivity index (χ1v) is 12.9. The zero-order chi connectivity index (χ0) is 23.4. The maximum absolute atomic E-state index is 14.2. The summed E-state index contributed by atoms with van der Waals surface area (Å²) in [5, 5.41) is 12.9. The van der Waals surface area contributed by atoms with Crippen LogP contribution in [0.4, 0.5) is 0 Å². The van der Waals surface area contributed by atoms with Gasteiger partial charge in [-0.25, -0.2) is 0 Å². The molecular formula is C32H17BrOS. The van der Waals surface area contributed by atoms with Crippen LogP contribution >= 0.6 is 28.6 Å². The molecule has 1 aliphatic rings. The largest absolute Gasteiger partial charge is 0.293 e. The molecule has 0 amide bonds. The van der Waals surface area contributed by atoms with E-state index in [-0.39, 0.29) is 5.78 Å². The highest BCUT2D eigenvalue weighted by Gasteiger charge is 2.31. The lowest BCUT2D eigenvalue weighted by Gasteiger charge is -2.24. The second-order valence-electron chi connectivity index (χ2n) is 9.52. The second kappa shape index (κ2) is 6.84. The van der Waals surface area contributed by atoms with Crippen molar-refractivity contribution in [1.29, 1.82) is 0 Å². The summed E-state index contributed by atoms with van der Waals surface area (Å²) in [4.78, 5) is 15.0. The molecule has 0 aromatic heterocycles. The third kappa shape index (κ3) is 2.52. The Morgan fingerprint density at radius 1 is 0.657 bits per heavy atom. The minimum atomic E-state index is -0.400. The number of carbonyl (C=O) groups excluding carboxylic acids is 1. The molecule has 0 saturated carbocycles. The lowest BCUT2D eigenvalue weighted by atomic mass is 9.79. The van der Waals surface area contributed by atoms with Gasteiger partial charge in [0.2, 0.25) is 0 Å². The lowest BCUT2D eigenvalue weighted by molar-refractivity contribution is 0.0981. The number of fused-ring (bicyclic) bond motifs is 1. The Morgan fingerprint density at radius 2 is 1.34 bits per heavy atom. The van der Waals surface area contributed by atoms with Crippen molar-refractivity contribution in [3.05, 3.63) is 106 Å². The Hall–Kier alpha value is -3.40. The molecule has 1 aliphatic carbocycles. The van der Waals surface area contributed by atoms with Gasteiger partial charge in [0.15, 0.2) is 5.78 Å². The van der Waals surface area contributed by atoms with E-state index in [1.807, 2.05) is 12.1 Å². The van der Waals surface area contributed by atoms with Gasteiger partial charge >= 0.3 is 0 Å². The zero-order valence-electron chi connectivity index (χ0n) is 18.5.